The maximum absolute atomic E-state index is 12.2. The molecular weight excluding hydrogens is 330 g/mol. The van der Waals surface area contributed by atoms with Crippen LogP contribution >= 0.6 is 15.9 Å². The largest absolute Gasteiger partial charge is 0.468 e. The molecule has 1 aromatic heterocycles. The molecule has 0 bridgehead atoms. The predicted molar refractivity (Wildman–Crippen MR) is 76.3 cm³/mol. The maximum Gasteiger partial charge on any atom is 0.241 e. The summed E-state index contributed by atoms with van der Waals surface area (Å²) >= 11 is 3.39. The van der Waals surface area contributed by atoms with Crippen LogP contribution in [0.4, 0.5) is 0 Å². The number of aryl methyl sites for hydroxylation is 2. The Morgan fingerprint density at radius 2 is 2.00 bits per heavy atom. The molecule has 0 atom stereocenters. The Balaban J connectivity index is 2.27. The molecule has 1 aromatic carbocycles. The van der Waals surface area contributed by atoms with Crippen LogP contribution in [0.3, 0.4) is 0 Å². The van der Waals surface area contributed by atoms with Crippen LogP contribution in [0.15, 0.2) is 44.3 Å². The van der Waals surface area contributed by atoms with Gasteiger partial charge in [0.2, 0.25) is 10.0 Å². The lowest BCUT2D eigenvalue weighted by atomic mass is 10.2. The minimum Gasteiger partial charge on any atom is -0.468 e. The summed E-state index contributed by atoms with van der Waals surface area (Å²) in [5.41, 5.74) is 1.58. The van der Waals surface area contributed by atoms with E-state index in [1.807, 2.05) is 6.92 Å². The molecule has 0 unspecified atom stereocenters. The molecule has 19 heavy (non-hydrogen) atoms. The van der Waals surface area contributed by atoms with E-state index in [1.165, 1.54) is 6.26 Å². The van der Waals surface area contributed by atoms with Crippen molar-refractivity contribution in [2.75, 3.05) is 0 Å². The number of hydrogen-bond acceptors (Lipinski definition) is 3. The van der Waals surface area contributed by atoms with Crippen molar-refractivity contribution in [2.45, 2.75) is 25.3 Å². The van der Waals surface area contributed by atoms with E-state index in [9.17, 15) is 8.42 Å². The van der Waals surface area contributed by atoms with Crippen molar-refractivity contribution in [3.8, 4) is 0 Å². The smallest absolute Gasteiger partial charge is 0.241 e. The van der Waals surface area contributed by atoms with Crippen LogP contribution in [-0.2, 0) is 16.6 Å². The minimum atomic E-state index is -3.54. The highest BCUT2D eigenvalue weighted by Crippen LogP contribution is 2.24. The van der Waals surface area contributed by atoms with Crippen molar-refractivity contribution >= 4 is 26.0 Å². The zero-order valence-electron chi connectivity index (χ0n) is 10.6. The molecule has 4 nitrogen and oxygen atoms in total. The average molecular weight is 344 g/mol. The summed E-state index contributed by atoms with van der Waals surface area (Å²) in [6.07, 6.45) is 1.51. The molecule has 1 N–H and O–H groups in total. The highest BCUT2D eigenvalue weighted by atomic mass is 79.9. The van der Waals surface area contributed by atoms with E-state index in [0.717, 1.165) is 10.0 Å². The van der Waals surface area contributed by atoms with E-state index >= 15 is 0 Å². The second kappa shape index (κ2) is 5.48. The molecule has 0 aliphatic rings. The average Bonchev–Trinajstić information content (AvgIpc) is 2.84. The van der Waals surface area contributed by atoms with Crippen molar-refractivity contribution in [3.63, 3.8) is 0 Å². The van der Waals surface area contributed by atoms with Crippen LogP contribution in [0, 0.1) is 13.8 Å². The summed E-state index contributed by atoms with van der Waals surface area (Å²) in [5.74, 6) is 0.579. The standard InChI is InChI=1S/C13H14BrNO3S/c1-9-7-13(10(2)6-12(9)14)19(16,17)15-8-11-4-3-5-18-11/h3-7,15H,8H2,1-2H3. The molecule has 2 rings (SSSR count). The first-order chi connectivity index (χ1) is 8.90. The third-order valence-corrected chi connectivity index (χ3v) is 5.16. The molecule has 0 spiro atoms. The van der Waals surface area contributed by atoms with Gasteiger partial charge in [-0.3, -0.25) is 0 Å². The van der Waals surface area contributed by atoms with Gasteiger partial charge in [0, 0.05) is 4.47 Å². The van der Waals surface area contributed by atoms with Gasteiger partial charge in [0.1, 0.15) is 5.76 Å². The van der Waals surface area contributed by atoms with E-state index in [0.29, 0.717) is 16.2 Å². The van der Waals surface area contributed by atoms with Crippen molar-refractivity contribution in [3.05, 3.63) is 51.9 Å². The van der Waals surface area contributed by atoms with E-state index < -0.39 is 10.0 Å². The minimum absolute atomic E-state index is 0.143. The highest BCUT2D eigenvalue weighted by Gasteiger charge is 2.18. The summed E-state index contributed by atoms with van der Waals surface area (Å²) in [4.78, 5) is 0.291. The van der Waals surface area contributed by atoms with Crippen molar-refractivity contribution in [2.24, 2.45) is 0 Å². The van der Waals surface area contributed by atoms with Crippen molar-refractivity contribution in [1.82, 2.24) is 4.72 Å². The SMILES string of the molecule is Cc1cc(S(=O)(=O)NCc2ccco2)c(C)cc1Br. The molecule has 102 valence electrons. The van der Waals surface area contributed by atoms with Gasteiger partial charge >= 0.3 is 0 Å². The topological polar surface area (TPSA) is 59.3 Å². The van der Waals surface area contributed by atoms with E-state index in [4.69, 9.17) is 4.42 Å². The van der Waals surface area contributed by atoms with Gasteiger partial charge in [0.05, 0.1) is 17.7 Å². The van der Waals surface area contributed by atoms with Gasteiger partial charge in [0.25, 0.3) is 0 Å². The number of halogens is 1. The van der Waals surface area contributed by atoms with Crippen LogP contribution in [0.2, 0.25) is 0 Å². The summed E-state index contributed by atoms with van der Waals surface area (Å²) < 4.78 is 33.0. The molecule has 1 heterocycles. The zero-order valence-corrected chi connectivity index (χ0v) is 13.0. The van der Waals surface area contributed by atoms with Gasteiger partial charge in [-0.05, 0) is 49.2 Å². The molecule has 6 heteroatoms. The van der Waals surface area contributed by atoms with E-state index in [1.54, 1.807) is 31.2 Å². The molecule has 0 fully saturated rings. The summed E-state index contributed by atoms with van der Waals surface area (Å²) in [6.45, 7) is 3.77. The molecular formula is C13H14BrNO3S. The number of nitrogens with one attached hydrogen (secondary N) is 1. The molecule has 0 aliphatic carbocycles. The Morgan fingerprint density at radius 3 is 2.63 bits per heavy atom. The number of rotatable bonds is 4. The van der Waals surface area contributed by atoms with Gasteiger partial charge in [-0.2, -0.15) is 0 Å². The lowest BCUT2D eigenvalue weighted by Gasteiger charge is -2.10. The molecule has 0 saturated heterocycles. The van der Waals surface area contributed by atoms with Gasteiger partial charge in [-0.25, -0.2) is 13.1 Å². The summed E-state index contributed by atoms with van der Waals surface area (Å²) in [5, 5.41) is 0. The Hall–Kier alpha value is -1.11. The number of furan rings is 1. The van der Waals surface area contributed by atoms with Gasteiger partial charge in [-0.15, -0.1) is 0 Å². The van der Waals surface area contributed by atoms with E-state index in [2.05, 4.69) is 20.7 Å². The lowest BCUT2D eigenvalue weighted by molar-refractivity contribution is 0.498. The third-order valence-electron chi connectivity index (χ3n) is 2.76. The predicted octanol–water partition coefficient (Wildman–Crippen LogP) is 3.14. The molecule has 0 amide bonds. The normalized spacial score (nSPS) is 11.7. The summed E-state index contributed by atoms with van der Waals surface area (Å²) in [6, 6.07) is 6.90. The summed E-state index contributed by atoms with van der Waals surface area (Å²) in [7, 11) is -3.54. The zero-order chi connectivity index (χ0) is 14.0. The van der Waals surface area contributed by atoms with Crippen LogP contribution < -0.4 is 4.72 Å². The first kappa shape index (κ1) is 14.3. The second-order valence-electron chi connectivity index (χ2n) is 4.27. The second-order valence-corrected chi connectivity index (χ2v) is 6.86. The molecule has 0 radical (unpaired) electrons. The van der Waals surface area contributed by atoms with Crippen LogP contribution in [0.25, 0.3) is 0 Å². The number of hydrogen-bond donors (Lipinski definition) is 1. The highest BCUT2D eigenvalue weighted by molar-refractivity contribution is 9.10. The van der Waals surface area contributed by atoms with E-state index in [-0.39, 0.29) is 6.54 Å². The maximum atomic E-state index is 12.2. The molecule has 2 aromatic rings. The number of benzene rings is 1. The molecule has 0 saturated carbocycles. The molecule has 0 aliphatic heterocycles. The van der Waals surface area contributed by atoms with Crippen LogP contribution in [0.1, 0.15) is 16.9 Å². The lowest BCUT2D eigenvalue weighted by Crippen LogP contribution is -2.24. The Labute approximate surface area is 121 Å². The first-order valence-electron chi connectivity index (χ1n) is 5.69. The first-order valence-corrected chi connectivity index (χ1v) is 7.96. The Bertz CT molecular complexity index is 678. The third kappa shape index (κ3) is 3.26. The van der Waals surface area contributed by atoms with Crippen molar-refractivity contribution in [1.29, 1.82) is 0 Å². The monoisotopic (exact) mass is 343 g/mol. The fourth-order valence-electron chi connectivity index (χ4n) is 1.70. The van der Waals surface area contributed by atoms with Gasteiger partial charge < -0.3 is 4.42 Å². The van der Waals surface area contributed by atoms with Gasteiger partial charge in [0.15, 0.2) is 0 Å². The fraction of sp³-hybridized carbons (Fsp3) is 0.231. The van der Waals surface area contributed by atoms with Crippen LogP contribution in [0.5, 0.6) is 0 Å². The Kier molecular flexibility index (Phi) is 4.13. The van der Waals surface area contributed by atoms with Gasteiger partial charge in [-0.1, -0.05) is 15.9 Å². The fourth-order valence-corrected chi connectivity index (χ4v) is 3.46. The quantitative estimate of drug-likeness (QED) is 0.927. The van der Waals surface area contributed by atoms with Crippen molar-refractivity contribution < 1.29 is 12.8 Å². The number of sulfonamides is 1. The van der Waals surface area contributed by atoms with Crippen LogP contribution in [-0.4, -0.2) is 8.42 Å². The Morgan fingerprint density at radius 1 is 1.26 bits per heavy atom.